The second kappa shape index (κ2) is 8.71. The Hall–Kier alpha value is -2.82. The summed E-state index contributed by atoms with van der Waals surface area (Å²) < 4.78 is 0. The van der Waals surface area contributed by atoms with E-state index in [2.05, 4.69) is 10.6 Å². The summed E-state index contributed by atoms with van der Waals surface area (Å²) in [6, 6.07) is 21.0. The number of anilines is 2. The van der Waals surface area contributed by atoms with Gasteiger partial charge in [-0.2, -0.15) is 0 Å². The molecule has 0 aromatic heterocycles. The minimum atomic E-state index is -0.282. The lowest BCUT2D eigenvalue weighted by atomic mass is 10.1. The van der Waals surface area contributed by atoms with Gasteiger partial charge in [-0.15, -0.1) is 0 Å². The first-order valence-corrected chi connectivity index (χ1v) is 8.97. The van der Waals surface area contributed by atoms with E-state index in [-0.39, 0.29) is 11.8 Å². The van der Waals surface area contributed by atoms with Crippen molar-refractivity contribution in [3.8, 4) is 0 Å². The Kier molecular flexibility index (Phi) is 6.12. The molecule has 6 heteroatoms. The van der Waals surface area contributed by atoms with Gasteiger partial charge in [0.1, 0.15) is 0 Å². The summed E-state index contributed by atoms with van der Waals surface area (Å²) in [5.74, 6) is -0.398. The van der Waals surface area contributed by atoms with Gasteiger partial charge in [-0.1, -0.05) is 53.5 Å². The minimum Gasteiger partial charge on any atom is -0.326 e. The van der Waals surface area contributed by atoms with Crippen LogP contribution >= 0.6 is 23.2 Å². The summed E-state index contributed by atoms with van der Waals surface area (Å²) in [6.07, 6.45) is 0.292. The highest BCUT2D eigenvalue weighted by Gasteiger charge is 2.09. The lowest BCUT2D eigenvalue weighted by molar-refractivity contribution is -0.115. The van der Waals surface area contributed by atoms with Gasteiger partial charge in [-0.05, 0) is 48.0 Å². The molecule has 0 fully saturated rings. The zero-order valence-corrected chi connectivity index (χ0v) is 15.7. The molecule has 4 nitrogen and oxygen atoms in total. The van der Waals surface area contributed by atoms with Crippen LogP contribution in [0.5, 0.6) is 0 Å². The summed E-state index contributed by atoms with van der Waals surface area (Å²) in [4.78, 5) is 24.4. The van der Waals surface area contributed by atoms with Crippen molar-refractivity contribution in [3.63, 3.8) is 0 Å². The topological polar surface area (TPSA) is 58.2 Å². The standard InChI is InChI=1S/C21H16Cl2N2O2/c22-18-11-10-17(13-19(18)23)25-21(27)15-6-8-16(9-7-15)24-20(26)12-14-4-2-1-3-5-14/h1-11,13H,12H2,(H,24,26)(H,25,27). The molecule has 27 heavy (non-hydrogen) atoms. The van der Waals surface area contributed by atoms with Gasteiger partial charge in [0.15, 0.2) is 0 Å². The monoisotopic (exact) mass is 398 g/mol. The van der Waals surface area contributed by atoms with Crippen LogP contribution in [0.15, 0.2) is 72.8 Å². The number of rotatable bonds is 5. The first-order chi connectivity index (χ1) is 13.0. The van der Waals surface area contributed by atoms with Crippen molar-refractivity contribution in [3.05, 3.63) is 94.0 Å². The van der Waals surface area contributed by atoms with E-state index in [0.717, 1.165) is 5.56 Å². The number of nitrogens with one attached hydrogen (secondary N) is 2. The first kappa shape index (κ1) is 19.0. The summed E-state index contributed by atoms with van der Waals surface area (Å²) in [5, 5.41) is 6.36. The van der Waals surface area contributed by atoms with E-state index >= 15 is 0 Å². The largest absolute Gasteiger partial charge is 0.326 e. The van der Waals surface area contributed by atoms with Crippen molar-refractivity contribution in [2.24, 2.45) is 0 Å². The normalized spacial score (nSPS) is 10.3. The van der Waals surface area contributed by atoms with Crippen molar-refractivity contribution in [2.75, 3.05) is 10.6 Å². The highest BCUT2D eigenvalue weighted by atomic mass is 35.5. The fraction of sp³-hybridized carbons (Fsp3) is 0.0476. The molecular formula is C21H16Cl2N2O2. The quantitative estimate of drug-likeness (QED) is 0.601. The van der Waals surface area contributed by atoms with Gasteiger partial charge in [-0.3, -0.25) is 9.59 Å². The summed E-state index contributed by atoms with van der Waals surface area (Å²) in [5.41, 5.74) is 2.58. The van der Waals surface area contributed by atoms with Crippen molar-refractivity contribution in [2.45, 2.75) is 6.42 Å². The Labute approximate surface area is 167 Å². The lowest BCUT2D eigenvalue weighted by Gasteiger charge is -2.08. The van der Waals surface area contributed by atoms with E-state index in [1.165, 1.54) is 0 Å². The molecule has 0 saturated heterocycles. The van der Waals surface area contributed by atoms with Gasteiger partial charge >= 0.3 is 0 Å². The third-order valence-electron chi connectivity index (χ3n) is 3.82. The molecule has 0 aliphatic carbocycles. The number of benzene rings is 3. The van der Waals surface area contributed by atoms with E-state index in [9.17, 15) is 9.59 Å². The highest BCUT2D eigenvalue weighted by Crippen LogP contribution is 2.25. The van der Waals surface area contributed by atoms with E-state index in [0.29, 0.717) is 33.4 Å². The highest BCUT2D eigenvalue weighted by molar-refractivity contribution is 6.42. The van der Waals surface area contributed by atoms with Crippen LogP contribution in [-0.4, -0.2) is 11.8 Å². The smallest absolute Gasteiger partial charge is 0.255 e. The van der Waals surface area contributed by atoms with Gasteiger partial charge in [0.25, 0.3) is 5.91 Å². The molecule has 0 aliphatic rings. The average molecular weight is 399 g/mol. The number of halogens is 2. The van der Waals surface area contributed by atoms with Crippen LogP contribution in [-0.2, 0) is 11.2 Å². The zero-order chi connectivity index (χ0) is 19.2. The van der Waals surface area contributed by atoms with Crippen LogP contribution in [0.25, 0.3) is 0 Å². The maximum atomic E-state index is 12.3. The van der Waals surface area contributed by atoms with E-state index in [4.69, 9.17) is 23.2 Å². The summed E-state index contributed by atoms with van der Waals surface area (Å²) >= 11 is 11.8. The molecule has 3 aromatic rings. The molecule has 0 aliphatic heterocycles. The molecule has 3 aromatic carbocycles. The molecule has 3 rings (SSSR count). The number of hydrogen-bond donors (Lipinski definition) is 2. The predicted octanol–water partition coefficient (Wildman–Crippen LogP) is 5.43. The fourth-order valence-corrected chi connectivity index (χ4v) is 2.77. The number of carbonyl (C=O) groups excluding carboxylic acids is 2. The van der Waals surface area contributed by atoms with Crippen molar-refractivity contribution >= 4 is 46.4 Å². The van der Waals surface area contributed by atoms with Crippen molar-refractivity contribution in [1.29, 1.82) is 0 Å². The average Bonchev–Trinajstić information content (AvgIpc) is 2.66. The Morgan fingerprint density at radius 3 is 2.07 bits per heavy atom. The molecule has 2 amide bonds. The van der Waals surface area contributed by atoms with Gasteiger partial charge < -0.3 is 10.6 Å². The molecular weight excluding hydrogens is 383 g/mol. The van der Waals surface area contributed by atoms with Gasteiger partial charge in [0.05, 0.1) is 16.5 Å². The Morgan fingerprint density at radius 2 is 1.41 bits per heavy atom. The van der Waals surface area contributed by atoms with Gasteiger partial charge in [0.2, 0.25) is 5.91 Å². The predicted molar refractivity (Wildman–Crippen MR) is 110 cm³/mol. The van der Waals surface area contributed by atoms with Crippen LogP contribution in [0, 0.1) is 0 Å². The van der Waals surface area contributed by atoms with Crippen molar-refractivity contribution in [1.82, 2.24) is 0 Å². The third-order valence-corrected chi connectivity index (χ3v) is 4.55. The summed E-state index contributed by atoms with van der Waals surface area (Å²) in [7, 11) is 0. The Balaban J connectivity index is 1.60. The maximum Gasteiger partial charge on any atom is 0.255 e. The molecule has 0 heterocycles. The van der Waals surface area contributed by atoms with E-state index in [1.54, 1.807) is 42.5 Å². The molecule has 0 bridgehead atoms. The van der Waals surface area contributed by atoms with Crippen molar-refractivity contribution < 1.29 is 9.59 Å². The molecule has 0 unspecified atom stereocenters. The van der Waals surface area contributed by atoms with Gasteiger partial charge in [0, 0.05) is 16.9 Å². The minimum absolute atomic E-state index is 0.116. The molecule has 136 valence electrons. The summed E-state index contributed by atoms with van der Waals surface area (Å²) in [6.45, 7) is 0. The van der Waals surface area contributed by atoms with Crippen LogP contribution < -0.4 is 10.6 Å². The number of amides is 2. The fourth-order valence-electron chi connectivity index (χ4n) is 2.47. The second-order valence-corrected chi connectivity index (χ2v) is 6.69. The van der Waals surface area contributed by atoms with E-state index in [1.807, 2.05) is 30.3 Å². The van der Waals surface area contributed by atoms with Crippen LogP contribution in [0.2, 0.25) is 10.0 Å². The Bertz CT molecular complexity index is 958. The molecule has 0 saturated carbocycles. The van der Waals surface area contributed by atoms with Crippen LogP contribution in [0.4, 0.5) is 11.4 Å². The zero-order valence-electron chi connectivity index (χ0n) is 14.2. The maximum absolute atomic E-state index is 12.3. The molecule has 2 N–H and O–H groups in total. The number of carbonyl (C=O) groups is 2. The molecule has 0 radical (unpaired) electrons. The van der Waals surface area contributed by atoms with Gasteiger partial charge in [-0.25, -0.2) is 0 Å². The Morgan fingerprint density at radius 1 is 0.741 bits per heavy atom. The molecule has 0 atom stereocenters. The second-order valence-electron chi connectivity index (χ2n) is 5.87. The lowest BCUT2D eigenvalue weighted by Crippen LogP contribution is -2.15. The van der Waals surface area contributed by atoms with Crippen LogP contribution in [0.3, 0.4) is 0 Å². The van der Waals surface area contributed by atoms with Crippen LogP contribution in [0.1, 0.15) is 15.9 Å². The third kappa shape index (κ3) is 5.33. The molecule has 0 spiro atoms. The first-order valence-electron chi connectivity index (χ1n) is 8.21. The van der Waals surface area contributed by atoms with E-state index < -0.39 is 0 Å². The SMILES string of the molecule is O=C(Cc1ccccc1)Nc1ccc(C(=O)Nc2ccc(Cl)c(Cl)c2)cc1. The number of hydrogen-bond acceptors (Lipinski definition) is 2.